The van der Waals surface area contributed by atoms with Gasteiger partial charge in [-0.25, -0.2) is 8.42 Å². The zero-order valence-electron chi connectivity index (χ0n) is 14.3. The van der Waals surface area contributed by atoms with Crippen molar-refractivity contribution < 1.29 is 17.9 Å². The van der Waals surface area contributed by atoms with Crippen molar-refractivity contribution >= 4 is 21.6 Å². The van der Waals surface area contributed by atoms with Crippen molar-refractivity contribution in [2.75, 3.05) is 31.1 Å². The van der Waals surface area contributed by atoms with Gasteiger partial charge in [0.25, 0.3) is 5.91 Å². The molecular formula is C18H24N2O4S. The summed E-state index contributed by atoms with van der Waals surface area (Å²) in [7, 11) is -3.43. The Balaban J connectivity index is 1.58. The lowest BCUT2D eigenvalue weighted by molar-refractivity contribution is -0.127. The monoisotopic (exact) mass is 364 g/mol. The van der Waals surface area contributed by atoms with Crippen LogP contribution in [0.3, 0.4) is 0 Å². The average Bonchev–Trinajstić information content (AvgIpc) is 3.31. The molecule has 0 bridgehead atoms. The smallest absolute Gasteiger partial charge is 0.256 e. The first-order chi connectivity index (χ1) is 12.1. The molecule has 0 radical (unpaired) electrons. The molecule has 3 aliphatic heterocycles. The number of piperidine rings is 1. The number of carbonyl (C=O) groups excluding carboxylic acids is 1. The number of sulfonamides is 1. The maximum absolute atomic E-state index is 12.8. The Hall–Kier alpha value is -1.44. The Morgan fingerprint density at radius 3 is 2.60 bits per heavy atom. The van der Waals surface area contributed by atoms with Crippen molar-refractivity contribution in [3.8, 4) is 0 Å². The second-order valence-corrected chi connectivity index (χ2v) is 8.93. The number of fused-ring (bicyclic) bond motifs is 1. The Morgan fingerprint density at radius 1 is 1.08 bits per heavy atom. The molecule has 3 aliphatic rings. The van der Waals surface area contributed by atoms with Gasteiger partial charge in [0.15, 0.2) is 0 Å². The normalized spacial score (nSPS) is 24.5. The topological polar surface area (TPSA) is 66.9 Å². The van der Waals surface area contributed by atoms with Gasteiger partial charge in [0.05, 0.1) is 4.90 Å². The van der Waals surface area contributed by atoms with Gasteiger partial charge in [-0.15, -0.1) is 0 Å². The lowest BCUT2D eigenvalue weighted by atomic mass is 10.1. The minimum absolute atomic E-state index is 0.00267. The van der Waals surface area contributed by atoms with Crippen molar-refractivity contribution in [1.29, 1.82) is 0 Å². The van der Waals surface area contributed by atoms with E-state index >= 15 is 0 Å². The van der Waals surface area contributed by atoms with E-state index in [1.165, 1.54) is 0 Å². The lowest BCUT2D eigenvalue weighted by Gasteiger charge is -2.26. The van der Waals surface area contributed by atoms with Crippen molar-refractivity contribution in [2.24, 2.45) is 0 Å². The predicted molar refractivity (Wildman–Crippen MR) is 94.1 cm³/mol. The van der Waals surface area contributed by atoms with Crippen LogP contribution in [0.5, 0.6) is 0 Å². The van der Waals surface area contributed by atoms with Crippen LogP contribution in [-0.2, 0) is 26.0 Å². The van der Waals surface area contributed by atoms with Gasteiger partial charge in [-0.1, -0.05) is 6.42 Å². The maximum atomic E-state index is 12.8. The van der Waals surface area contributed by atoms with Crippen molar-refractivity contribution in [3.63, 3.8) is 0 Å². The van der Waals surface area contributed by atoms with Crippen LogP contribution in [0.1, 0.15) is 37.7 Å². The number of hydrogen-bond acceptors (Lipinski definition) is 4. The summed E-state index contributed by atoms with van der Waals surface area (Å²) in [5, 5.41) is 0. The van der Waals surface area contributed by atoms with Crippen LogP contribution in [0.2, 0.25) is 0 Å². The molecule has 4 rings (SSSR count). The van der Waals surface area contributed by atoms with E-state index < -0.39 is 10.0 Å². The molecule has 0 saturated carbocycles. The second kappa shape index (κ2) is 6.70. The number of hydrogen-bond donors (Lipinski definition) is 0. The van der Waals surface area contributed by atoms with Crippen LogP contribution >= 0.6 is 0 Å². The Labute approximate surface area is 148 Å². The van der Waals surface area contributed by atoms with E-state index in [1.807, 2.05) is 0 Å². The van der Waals surface area contributed by atoms with Gasteiger partial charge in [0, 0.05) is 31.9 Å². The fourth-order valence-electron chi connectivity index (χ4n) is 3.97. The molecule has 7 heteroatoms. The molecule has 0 spiro atoms. The number of nitrogens with zero attached hydrogens (tertiary/aromatic N) is 2. The fraction of sp³-hybridized carbons (Fsp3) is 0.611. The quantitative estimate of drug-likeness (QED) is 0.822. The van der Waals surface area contributed by atoms with Gasteiger partial charge in [-0.05, 0) is 55.9 Å². The molecule has 25 heavy (non-hydrogen) atoms. The van der Waals surface area contributed by atoms with Crippen LogP contribution in [0.15, 0.2) is 23.1 Å². The number of carbonyl (C=O) groups is 1. The Kier molecular flexibility index (Phi) is 4.56. The van der Waals surface area contributed by atoms with Crippen molar-refractivity contribution in [2.45, 2.75) is 49.5 Å². The highest BCUT2D eigenvalue weighted by molar-refractivity contribution is 7.89. The second-order valence-electron chi connectivity index (χ2n) is 7.00. The summed E-state index contributed by atoms with van der Waals surface area (Å²) in [6.07, 6.45) is 4.98. The zero-order valence-corrected chi connectivity index (χ0v) is 15.1. The molecule has 2 saturated heterocycles. The highest BCUT2D eigenvalue weighted by atomic mass is 32.2. The molecular weight excluding hydrogens is 340 g/mol. The first kappa shape index (κ1) is 17.0. The molecule has 0 aromatic heterocycles. The van der Waals surface area contributed by atoms with Crippen molar-refractivity contribution in [1.82, 2.24) is 4.31 Å². The number of anilines is 1. The minimum atomic E-state index is -3.43. The van der Waals surface area contributed by atoms with Crippen molar-refractivity contribution in [3.05, 3.63) is 23.8 Å². The Bertz CT molecular complexity index is 765. The van der Waals surface area contributed by atoms with Crippen LogP contribution in [0.25, 0.3) is 0 Å². The number of ether oxygens (including phenoxy) is 1. The predicted octanol–water partition coefficient (Wildman–Crippen LogP) is 1.93. The average molecular weight is 364 g/mol. The third-order valence-electron chi connectivity index (χ3n) is 5.37. The SMILES string of the molecule is O=C(C1CCCO1)N1CCc2cc(S(=O)(=O)N3CCCCC3)ccc21. The zero-order chi connectivity index (χ0) is 17.4. The maximum Gasteiger partial charge on any atom is 0.256 e. The van der Waals surface area contributed by atoms with Gasteiger partial charge in [0.2, 0.25) is 10.0 Å². The molecule has 6 nitrogen and oxygen atoms in total. The molecule has 2 fully saturated rings. The van der Waals surface area contributed by atoms with Gasteiger partial charge in [-0.3, -0.25) is 4.79 Å². The summed E-state index contributed by atoms with van der Waals surface area (Å²) in [6, 6.07) is 5.18. The van der Waals surface area contributed by atoms with E-state index in [4.69, 9.17) is 4.74 Å². The van der Waals surface area contributed by atoms with E-state index in [0.717, 1.165) is 43.4 Å². The van der Waals surface area contributed by atoms with Gasteiger partial charge in [0.1, 0.15) is 6.10 Å². The van der Waals surface area contributed by atoms with Crippen LogP contribution in [0, 0.1) is 0 Å². The summed E-state index contributed by atoms with van der Waals surface area (Å²) in [4.78, 5) is 14.7. The largest absolute Gasteiger partial charge is 0.368 e. The van der Waals surface area contributed by atoms with E-state index in [1.54, 1.807) is 27.4 Å². The van der Waals surface area contributed by atoms with E-state index in [2.05, 4.69) is 0 Å². The molecule has 0 aliphatic carbocycles. The summed E-state index contributed by atoms with van der Waals surface area (Å²) < 4.78 is 32.8. The minimum Gasteiger partial charge on any atom is -0.368 e. The molecule has 1 amide bonds. The number of benzene rings is 1. The van der Waals surface area contributed by atoms with Gasteiger partial charge in [-0.2, -0.15) is 4.31 Å². The van der Waals surface area contributed by atoms with Gasteiger partial charge < -0.3 is 9.64 Å². The molecule has 1 aromatic rings. The van der Waals surface area contributed by atoms with E-state index in [9.17, 15) is 13.2 Å². The highest BCUT2D eigenvalue weighted by Crippen LogP contribution is 2.33. The molecule has 136 valence electrons. The third-order valence-corrected chi connectivity index (χ3v) is 7.27. The lowest BCUT2D eigenvalue weighted by Crippen LogP contribution is -2.37. The third kappa shape index (κ3) is 3.09. The van der Waals surface area contributed by atoms with Gasteiger partial charge >= 0.3 is 0 Å². The first-order valence-electron chi connectivity index (χ1n) is 9.13. The highest BCUT2D eigenvalue weighted by Gasteiger charge is 2.34. The molecule has 1 unspecified atom stereocenters. The van der Waals surface area contributed by atoms with Crippen LogP contribution < -0.4 is 4.90 Å². The number of amides is 1. The molecule has 1 aromatic carbocycles. The molecule has 3 heterocycles. The standard InChI is InChI=1S/C18H24N2O4S/c21-18(17-5-4-12-24-17)20-11-8-14-13-15(6-7-16(14)20)25(22,23)19-9-2-1-3-10-19/h6-7,13,17H,1-5,8-12H2. The van der Waals surface area contributed by atoms with E-state index in [-0.39, 0.29) is 12.0 Å². The summed E-state index contributed by atoms with van der Waals surface area (Å²) >= 11 is 0. The van der Waals surface area contributed by atoms with Crippen LogP contribution in [0.4, 0.5) is 5.69 Å². The summed E-state index contributed by atoms with van der Waals surface area (Å²) in [5.74, 6) is 0.00267. The van der Waals surface area contributed by atoms with E-state index in [0.29, 0.717) is 37.6 Å². The Morgan fingerprint density at radius 2 is 1.88 bits per heavy atom. The number of rotatable bonds is 3. The summed E-state index contributed by atoms with van der Waals surface area (Å²) in [5.41, 5.74) is 1.77. The fourth-order valence-corrected chi connectivity index (χ4v) is 5.54. The molecule has 1 atom stereocenters. The summed E-state index contributed by atoms with van der Waals surface area (Å²) in [6.45, 7) is 2.44. The van der Waals surface area contributed by atoms with Crippen LogP contribution in [-0.4, -0.2) is 51.0 Å². The first-order valence-corrected chi connectivity index (χ1v) is 10.6. The molecule has 0 N–H and O–H groups in total.